The van der Waals surface area contributed by atoms with E-state index in [0.717, 1.165) is 34.1 Å². The first-order valence-corrected chi connectivity index (χ1v) is 6.80. The van der Waals surface area contributed by atoms with Crippen molar-refractivity contribution in [2.75, 3.05) is 13.1 Å². The molecule has 3 nitrogen and oxygen atoms in total. The topological polar surface area (TPSA) is 36.4 Å². The molecule has 0 aliphatic carbocycles. The van der Waals surface area contributed by atoms with Gasteiger partial charge in [-0.2, -0.15) is 0 Å². The van der Waals surface area contributed by atoms with Crippen molar-refractivity contribution in [2.45, 2.75) is 20.4 Å². The van der Waals surface area contributed by atoms with Gasteiger partial charge in [0, 0.05) is 22.6 Å². The van der Waals surface area contributed by atoms with Crippen LogP contribution >= 0.6 is 51.5 Å². The van der Waals surface area contributed by atoms with Gasteiger partial charge in [0.25, 0.3) is 0 Å². The molecule has 0 aliphatic heterocycles. The maximum atomic E-state index is 6.13. The molecule has 2 N–H and O–H groups in total. The van der Waals surface area contributed by atoms with Gasteiger partial charge in [0.15, 0.2) is 5.96 Å². The van der Waals surface area contributed by atoms with Crippen LogP contribution in [0.25, 0.3) is 0 Å². The number of halogens is 3. The second kappa shape index (κ2) is 9.86. The van der Waals surface area contributed by atoms with Crippen molar-refractivity contribution < 1.29 is 0 Å². The van der Waals surface area contributed by atoms with E-state index in [0.29, 0.717) is 6.54 Å². The lowest BCUT2D eigenvalue weighted by molar-refractivity contribution is 0.839. The number of nitrogens with zero attached hydrogens (tertiary/aromatic N) is 1. The number of nitrogens with one attached hydrogen (secondary N) is 2. The molecular weight excluding hydrogens is 428 g/mol. The fraction of sp³-hybridized carbons (Fsp3) is 0.417. The van der Waals surface area contributed by atoms with Crippen LogP contribution in [-0.2, 0) is 6.54 Å². The fourth-order valence-electron chi connectivity index (χ4n) is 1.32. The highest BCUT2D eigenvalue weighted by Gasteiger charge is 2.01. The summed E-state index contributed by atoms with van der Waals surface area (Å²) < 4.78 is 0.980. The van der Waals surface area contributed by atoms with Gasteiger partial charge in [-0.05, 0) is 31.5 Å². The van der Waals surface area contributed by atoms with E-state index in [1.54, 1.807) is 0 Å². The van der Waals surface area contributed by atoms with Crippen molar-refractivity contribution in [2.24, 2.45) is 4.99 Å². The number of aliphatic imine (C=N–C) groups is 1. The Morgan fingerprint density at radius 1 is 1.28 bits per heavy atom. The van der Waals surface area contributed by atoms with Crippen molar-refractivity contribution >= 4 is 57.5 Å². The zero-order valence-electron chi connectivity index (χ0n) is 10.5. The van der Waals surface area contributed by atoms with Crippen LogP contribution in [-0.4, -0.2) is 19.0 Å². The molecule has 1 rings (SSSR count). The minimum atomic E-state index is 0. The maximum absolute atomic E-state index is 6.13. The molecule has 102 valence electrons. The first-order chi connectivity index (χ1) is 8.17. The number of benzene rings is 1. The standard InChI is InChI=1S/C12H17BrClN3.HI/c1-3-15-12(16-4-2)17-8-9-5-6-10(13)7-11(9)14;/h5-7H,3-4,8H2,1-2H3,(H2,15,16,17);1H. The Bertz CT molecular complexity index is 391. The van der Waals surface area contributed by atoms with Gasteiger partial charge in [-0.15, -0.1) is 24.0 Å². The monoisotopic (exact) mass is 445 g/mol. The summed E-state index contributed by atoms with van der Waals surface area (Å²) in [5.74, 6) is 0.814. The summed E-state index contributed by atoms with van der Waals surface area (Å²) >= 11 is 9.51. The first-order valence-electron chi connectivity index (χ1n) is 5.63. The molecule has 6 heteroatoms. The number of hydrogen-bond acceptors (Lipinski definition) is 1. The highest BCUT2D eigenvalue weighted by Crippen LogP contribution is 2.21. The highest BCUT2D eigenvalue weighted by atomic mass is 127. The maximum Gasteiger partial charge on any atom is 0.191 e. The minimum absolute atomic E-state index is 0. The normalized spacial score (nSPS) is 9.33. The van der Waals surface area contributed by atoms with Crippen molar-refractivity contribution in [1.82, 2.24) is 10.6 Å². The molecule has 0 unspecified atom stereocenters. The van der Waals surface area contributed by atoms with E-state index >= 15 is 0 Å². The van der Waals surface area contributed by atoms with Crippen LogP contribution < -0.4 is 10.6 Å². The molecule has 0 fully saturated rings. The lowest BCUT2D eigenvalue weighted by atomic mass is 10.2. The summed E-state index contributed by atoms with van der Waals surface area (Å²) in [6, 6.07) is 5.83. The Labute approximate surface area is 139 Å². The van der Waals surface area contributed by atoms with Gasteiger partial charge in [0.1, 0.15) is 0 Å². The number of hydrogen-bond donors (Lipinski definition) is 2. The van der Waals surface area contributed by atoms with E-state index in [4.69, 9.17) is 11.6 Å². The zero-order valence-corrected chi connectivity index (χ0v) is 15.1. The van der Waals surface area contributed by atoms with Gasteiger partial charge >= 0.3 is 0 Å². The molecule has 0 radical (unpaired) electrons. The largest absolute Gasteiger partial charge is 0.357 e. The molecule has 1 aromatic carbocycles. The second-order valence-corrected chi connectivity index (χ2v) is 4.78. The first kappa shape index (κ1) is 18.0. The van der Waals surface area contributed by atoms with Crippen LogP contribution in [0.4, 0.5) is 0 Å². The highest BCUT2D eigenvalue weighted by molar-refractivity contribution is 14.0. The predicted molar refractivity (Wildman–Crippen MR) is 93.1 cm³/mol. The summed E-state index contributed by atoms with van der Waals surface area (Å²) in [4.78, 5) is 4.46. The Kier molecular flexibility index (Phi) is 9.85. The summed E-state index contributed by atoms with van der Waals surface area (Å²) in [5, 5.41) is 7.07. The summed E-state index contributed by atoms with van der Waals surface area (Å²) in [7, 11) is 0. The van der Waals surface area contributed by atoms with E-state index in [2.05, 4.69) is 31.6 Å². The lowest BCUT2D eigenvalue weighted by Gasteiger charge is -2.09. The molecule has 1 aromatic rings. The van der Waals surface area contributed by atoms with Gasteiger partial charge in [0.2, 0.25) is 0 Å². The molecule has 0 bridgehead atoms. The summed E-state index contributed by atoms with van der Waals surface area (Å²) in [6.45, 7) is 6.35. The average molecular weight is 447 g/mol. The predicted octanol–water partition coefficient (Wildman–Crippen LogP) is 3.80. The molecule has 0 saturated carbocycles. The van der Waals surface area contributed by atoms with Gasteiger partial charge in [-0.1, -0.05) is 33.6 Å². The summed E-state index contributed by atoms with van der Waals surface area (Å²) in [5.41, 5.74) is 1.02. The van der Waals surface area contributed by atoms with E-state index in [1.807, 2.05) is 32.0 Å². The Morgan fingerprint density at radius 2 is 1.89 bits per heavy atom. The van der Waals surface area contributed by atoms with Crippen LogP contribution in [0.1, 0.15) is 19.4 Å². The van der Waals surface area contributed by atoms with Crippen LogP contribution in [0.5, 0.6) is 0 Å². The smallest absolute Gasteiger partial charge is 0.191 e. The van der Waals surface area contributed by atoms with Crippen LogP contribution in [0.3, 0.4) is 0 Å². The van der Waals surface area contributed by atoms with Crippen molar-refractivity contribution in [3.8, 4) is 0 Å². The van der Waals surface area contributed by atoms with Crippen LogP contribution in [0, 0.1) is 0 Å². The Morgan fingerprint density at radius 3 is 2.39 bits per heavy atom. The van der Waals surface area contributed by atoms with Gasteiger partial charge in [-0.3, -0.25) is 0 Å². The third-order valence-electron chi connectivity index (χ3n) is 2.11. The van der Waals surface area contributed by atoms with Crippen molar-refractivity contribution in [3.05, 3.63) is 33.3 Å². The molecule has 0 atom stereocenters. The van der Waals surface area contributed by atoms with Gasteiger partial charge in [-0.25, -0.2) is 4.99 Å². The third-order valence-corrected chi connectivity index (χ3v) is 2.96. The molecule has 18 heavy (non-hydrogen) atoms. The van der Waals surface area contributed by atoms with Crippen LogP contribution in [0.2, 0.25) is 5.02 Å². The third kappa shape index (κ3) is 6.24. The number of rotatable bonds is 4. The van der Waals surface area contributed by atoms with Crippen molar-refractivity contribution in [1.29, 1.82) is 0 Å². The lowest BCUT2D eigenvalue weighted by Crippen LogP contribution is -2.36. The Balaban J connectivity index is 0.00000289. The molecule has 0 aromatic heterocycles. The fourth-order valence-corrected chi connectivity index (χ4v) is 2.06. The van der Waals surface area contributed by atoms with E-state index in [9.17, 15) is 0 Å². The van der Waals surface area contributed by atoms with E-state index in [-0.39, 0.29) is 24.0 Å². The van der Waals surface area contributed by atoms with Gasteiger partial charge < -0.3 is 10.6 Å². The zero-order chi connectivity index (χ0) is 12.7. The average Bonchev–Trinajstić information content (AvgIpc) is 2.28. The SMILES string of the molecule is CCNC(=NCc1ccc(Br)cc1Cl)NCC.I. The Hall–Kier alpha value is -0.0100. The quantitative estimate of drug-likeness (QED) is 0.419. The van der Waals surface area contributed by atoms with Crippen molar-refractivity contribution in [3.63, 3.8) is 0 Å². The molecule has 0 spiro atoms. The molecule has 0 aliphatic rings. The summed E-state index contributed by atoms with van der Waals surface area (Å²) in [6.07, 6.45) is 0. The van der Waals surface area contributed by atoms with E-state index in [1.165, 1.54) is 0 Å². The molecular formula is C12H18BrClIN3. The second-order valence-electron chi connectivity index (χ2n) is 3.46. The minimum Gasteiger partial charge on any atom is -0.357 e. The van der Waals surface area contributed by atoms with E-state index < -0.39 is 0 Å². The van der Waals surface area contributed by atoms with Crippen LogP contribution in [0.15, 0.2) is 27.7 Å². The molecule has 0 amide bonds. The van der Waals surface area contributed by atoms with Gasteiger partial charge in [0.05, 0.1) is 6.54 Å². The molecule has 0 heterocycles. The number of guanidine groups is 1. The molecule has 0 saturated heterocycles.